The van der Waals surface area contributed by atoms with E-state index in [4.69, 9.17) is 0 Å². The van der Waals surface area contributed by atoms with Crippen LogP contribution in [0.1, 0.15) is 32.6 Å². The number of amides is 1. The van der Waals surface area contributed by atoms with Crippen molar-refractivity contribution in [2.24, 2.45) is 5.10 Å². The maximum atomic E-state index is 12.2. The lowest BCUT2D eigenvalue weighted by atomic mass is 10.00. The molecule has 0 saturated heterocycles. The molecule has 3 aromatic rings. The Balaban J connectivity index is 1.79. The molecular formula is C18H18N4O2. The Morgan fingerprint density at radius 3 is 2.83 bits per heavy atom. The van der Waals surface area contributed by atoms with Crippen molar-refractivity contribution in [3.8, 4) is 5.75 Å². The molecule has 1 heterocycles. The second-order valence-corrected chi connectivity index (χ2v) is 5.73. The van der Waals surface area contributed by atoms with Gasteiger partial charge in [0.25, 0.3) is 5.91 Å². The lowest BCUT2D eigenvalue weighted by Crippen LogP contribution is -2.17. The normalized spacial score (nSPS) is 11.3. The predicted molar refractivity (Wildman–Crippen MR) is 93.5 cm³/mol. The number of phenolic OH excluding ortho intramolecular Hbond substituents is 1. The number of aromatic amines is 1. The van der Waals surface area contributed by atoms with Crippen molar-refractivity contribution in [3.63, 3.8) is 0 Å². The molecule has 3 N–H and O–H groups in total. The third-order valence-corrected chi connectivity index (χ3v) is 4.10. The van der Waals surface area contributed by atoms with Crippen LogP contribution in [-0.4, -0.2) is 27.2 Å². The van der Waals surface area contributed by atoms with Crippen LogP contribution in [0.2, 0.25) is 0 Å². The molecule has 3 rings (SSSR count). The summed E-state index contributed by atoms with van der Waals surface area (Å²) in [4.78, 5) is 19.2. The number of aryl methyl sites for hydroxylation is 2. The number of carbonyl (C=O) groups excluding carboxylic acids is 1. The second-order valence-electron chi connectivity index (χ2n) is 5.73. The maximum Gasteiger partial charge on any atom is 0.271 e. The molecule has 0 radical (unpaired) electrons. The number of aromatic nitrogens is 2. The van der Waals surface area contributed by atoms with Gasteiger partial charge in [-0.15, -0.1) is 0 Å². The summed E-state index contributed by atoms with van der Waals surface area (Å²) in [5, 5.41) is 14.2. The molecule has 0 atom stereocenters. The van der Waals surface area contributed by atoms with Crippen molar-refractivity contribution in [1.29, 1.82) is 0 Å². The number of H-pyrrole nitrogens is 1. The average Bonchev–Trinajstić information content (AvgIpc) is 3.03. The first-order chi connectivity index (χ1) is 11.5. The quantitative estimate of drug-likeness (QED) is 0.511. The summed E-state index contributed by atoms with van der Waals surface area (Å²) in [6.07, 6.45) is 3.04. The number of aromatic hydroxyl groups is 1. The number of nitrogens with zero attached hydrogens (tertiary/aromatic N) is 2. The van der Waals surface area contributed by atoms with Crippen LogP contribution in [-0.2, 0) is 0 Å². The van der Waals surface area contributed by atoms with Gasteiger partial charge in [-0.1, -0.05) is 6.07 Å². The van der Waals surface area contributed by atoms with E-state index in [1.165, 1.54) is 6.21 Å². The monoisotopic (exact) mass is 322 g/mol. The van der Waals surface area contributed by atoms with Crippen molar-refractivity contribution in [3.05, 3.63) is 58.4 Å². The van der Waals surface area contributed by atoms with Crippen molar-refractivity contribution in [2.75, 3.05) is 0 Å². The maximum absolute atomic E-state index is 12.2. The van der Waals surface area contributed by atoms with E-state index in [0.717, 1.165) is 27.7 Å². The molecule has 1 aromatic heterocycles. The minimum atomic E-state index is -0.330. The summed E-state index contributed by atoms with van der Waals surface area (Å²) < 4.78 is 0. The number of phenols is 1. The molecule has 0 bridgehead atoms. The van der Waals surface area contributed by atoms with Gasteiger partial charge >= 0.3 is 0 Å². The van der Waals surface area contributed by atoms with Crippen LogP contribution in [0.5, 0.6) is 5.75 Å². The molecule has 0 unspecified atom stereocenters. The van der Waals surface area contributed by atoms with Crippen molar-refractivity contribution < 1.29 is 9.90 Å². The molecule has 24 heavy (non-hydrogen) atoms. The van der Waals surface area contributed by atoms with E-state index in [-0.39, 0.29) is 11.7 Å². The van der Waals surface area contributed by atoms with E-state index >= 15 is 0 Å². The van der Waals surface area contributed by atoms with Gasteiger partial charge in [0.2, 0.25) is 0 Å². The first-order valence-corrected chi connectivity index (χ1v) is 7.53. The van der Waals surface area contributed by atoms with Crippen molar-refractivity contribution >= 4 is 23.2 Å². The molecule has 0 spiro atoms. The summed E-state index contributed by atoms with van der Waals surface area (Å²) in [7, 11) is 0. The van der Waals surface area contributed by atoms with Gasteiger partial charge in [-0.05, 0) is 55.7 Å². The standard InChI is InChI=1S/C18H18N4O2/c1-10-6-11(2)14(17(23)12(10)3)8-21-22-18(24)13-4-5-15-16(7-13)20-9-19-15/h4-9,23H,1-3H3,(H,19,20)(H,22,24)/b21-8+. The van der Waals surface area contributed by atoms with E-state index in [1.54, 1.807) is 24.5 Å². The lowest BCUT2D eigenvalue weighted by molar-refractivity contribution is 0.0955. The Bertz CT molecular complexity index is 957. The zero-order valence-corrected chi connectivity index (χ0v) is 13.7. The molecule has 0 aliphatic rings. The molecular weight excluding hydrogens is 304 g/mol. The molecule has 0 aliphatic carbocycles. The third-order valence-electron chi connectivity index (χ3n) is 4.10. The van der Waals surface area contributed by atoms with Crippen molar-refractivity contribution in [2.45, 2.75) is 20.8 Å². The highest BCUT2D eigenvalue weighted by Gasteiger charge is 2.10. The fourth-order valence-electron chi connectivity index (χ4n) is 2.55. The molecule has 0 aliphatic heterocycles. The average molecular weight is 322 g/mol. The van der Waals surface area contributed by atoms with Gasteiger partial charge in [0.15, 0.2) is 0 Å². The SMILES string of the molecule is Cc1cc(C)c(/C=N/NC(=O)c2ccc3nc[nH]c3c2)c(O)c1C. The molecule has 0 saturated carbocycles. The summed E-state index contributed by atoms with van der Waals surface area (Å²) >= 11 is 0. The van der Waals surface area contributed by atoms with Gasteiger partial charge in [0.1, 0.15) is 5.75 Å². The topological polar surface area (TPSA) is 90.4 Å². The number of imidazole rings is 1. The van der Waals surface area contributed by atoms with Crippen LogP contribution >= 0.6 is 0 Å². The van der Waals surface area contributed by atoms with Gasteiger partial charge in [-0.25, -0.2) is 10.4 Å². The fraction of sp³-hybridized carbons (Fsp3) is 0.167. The smallest absolute Gasteiger partial charge is 0.271 e. The number of benzene rings is 2. The molecule has 6 nitrogen and oxygen atoms in total. The summed E-state index contributed by atoms with van der Waals surface area (Å²) in [6.45, 7) is 5.68. The Morgan fingerprint density at radius 1 is 1.25 bits per heavy atom. The Kier molecular flexibility index (Phi) is 4.04. The zero-order valence-electron chi connectivity index (χ0n) is 13.7. The van der Waals surface area contributed by atoms with E-state index in [2.05, 4.69) is 20.5 Å². The van der Waals surface area contributed by atoms with Gasteiger partial charge < -0.3 is 10.1 Å². The van der Waals surface area contributed by atoms with Crippen LogP contribution < -0.4 is 5.43 Å². The van der Waals surface area contributed by atoms with Crippen LogP contribution in [0.4, 0.5) is 0 Å². The number of carbonyl (C=O) groups is 1. The summed E-state index contributed by atoms with van der Waals surface area (Å²) in [5.74, 6) is -0.145. The largest absolute Gasteiger partial charge is 0.507 e. The second kappa shape index (κ2) is 6.16. The summed E-state index contributed by atoms with van der Waals surface area (Å²) in [5.41, 5.74) is 7.85. The summed E-state index contributed by atoms with van der Waals surface area (Å²) in [6, 6.07) is 7.15. The highest BCUT2D eigenvalue weighted by atomic mass is 16.3. The highest BCUT2D eigenvalue weighted by molar-refractivity contribution is 5.98. The first kappa shape index (κ1) is 15.7. The van der Waals surface area contributed by atoms with E-state index in [1.807, 2.05) is 26.8 Å². The zero-order chi connectivity index (χ0) is 17.3. The van der Waals surface area contributed by atoms with Crippen LogP contribution in [0.25, 0.3) is 11.0 Å². The number of hydrogen-bond acceptors (Lipinski definition) is 4. The molecule has 122 valence electrons. The molecule has 6 heteroatoms. The number of fused-ring (bicyclic) bond motifs is 1. The Morgan fingerprint density at radius 2 is 2.04 bits per heavy atom. The molecule has 0 fully saturated rings. The van der Waals surface area contributed by atoms with E-state index in [9.17, 15) is 9.90 Å². The fourth-order valence-corrected chi connectivity index (χ4v) is 2.55. The Labute approximate surface area is 139 Å². The number of nitrogens with one attached hydrogen (secondary N) is 2. The van der Waals surface area contributed by atoms with Crippen LogP contribution in [0.3, 0.4) is 0 Å². The third kappa shape index (κ3) is 2.86. The predicted octanol–water partition coefficient (Wildman–Crippen LogP) is 2.96. The minimum Gasteiger partial charge on any atom is -0.507 e. The molecule has 2 aromatic carbocycles. The lowest BCUT2D eigenvalue weighted by Gasteiger charge is -2.09. The van der Waals surface area contributed by atoms with Crippen LogP contribution in [0, 0.1) is 20.8 Å². The van der Waals surface area contributed by atoms with Crippen LogP contribution in [0.15, 0.2) is 35.7 Å². The Hall–Kier alpha value is -3.15. The van der Waals surface area contributed by atoms with E-state index in [0.29, 0.717) is 11.1 Å². The van der Waals surface area contributed by atoms with Gasteiger partial charge in [-0.3, -0.25) is 4.79 Å². The number of hydrogen-bond donors (Lipinski definition) is 3. The highest BCUT2D eigenvalue weighted by Crippen LogP contribution is 2.26. The number of rotatable bonds is 3. The van der Waals surface area contributed by atoms with E-state index < -0.39 is 0 Å². The minimum absolute atomic E-state index is 0.185. The van der Waals surface area contributed by atoms with Gasteiger partial charge in [-0.2, -0.15) is 5.10 Å². The van der Waals surface area contributed by atoms with Gasteiger partial charge in [0, 0.05) is 11.1 Å². The van der Waals surface area contributed by atoms with Gasteiger partial charge in [0.05, 0.1) is 23.6 Å². The first-order valence-electron chi connectivity index (χ1n) is 7.53. The van der Waals surface area contributed by atoms with Crippen molar-refractivity contribution in [1.82, 2.24) is 15.4 Å². The molecule has 1 amide bonds. The number of hydrazone groups is 1.